The molecule has 2 aromatic rings. The number of anilines is 1. The SMILES string of the molecule is C=CCOc1ccc(CNc2ccc(C)c(C)c2)cc1Cl. The van der Waals surface area contributed by atoms with Crippen LogP contribution in [0.2, 0.25) is 5.02 Å². The van der Waals surface area contributed by atoms with Gasteiger partial charge in [-0.15, -0.1) is 0 Å². The van der Waals surface area contributed by atoms with Gasteiger partial charge < -0.3 is 10.1 Å². The first-order valence-corrected chi connectivity index (χ1v) is 7.31. The molecule has 0 atom stereocenters. The Balaban J connectivity index is 2.01. The van der Waals surface area contributed by atoms with E-state index in [2.05, 4.69) is 43.9 Å². The quantitative estimate of drug-likeness (QED) is 0.746. The van der Waals surface area contributed by atoms with E-state index >= 15 is 0 Å². The van der Waals surface area contributed by atoms with Gasteiger partial charge in [0.25, 0.3) is 0 Å². The minimum absolute atomic E-state index is 0.458. The molecule has 1 N–H and O–H groups in total. The molecule has 0 amide bonds. The topological polar surface area (TPSA) is 21.3 Å². The van der Waals surface area contributed by atoms with Crippen LogP contribution in [0.25, 0.3) is 0 Å². The maximum Gasteiger partial charge on any atom is 0.138 e. The van der Waals surface area contributed by atoms with E-state index in [9.17, 15) is 0 Å². The van der Waals surface area contributed by atoms with Gasteiger partial charge in [0.15, 0.2) is 0 Å². The molecular weight excluding hydrogens is 282 g/mol. The second kappa shape index (κ2) is 7.19. The molecule has 0 spiro atoms. The summed E-state index contributed by atoms with van der Waals surface area (Å²) in [6.45, 7) is 9.03. The molecule has 2 aromatic carbocycles. The zero-order valence-corrected chi connectivity index (χ0v) is 13.2. The molecule has 0 bridgehead atoms. The second-order valence-electron chi connectivity index (χ2n) is 5.02. The number of hydrogen-bond donors (Lipinski definition) is 1. The Kier molecular flexibility index (Phi) is 5.29. The highest BCUT2D eigenvalue weighted by Gasteiger charge is 2.03. The van der Waals surface area contributed by atoms with E-state index in [0.717, 1.165) is 17.8 Å². The summed E-state index contributed by atoms with van der Waals surface area (Å²) in [6.07, 6.45) is 1.70. The maximum atomic E-state index is 6.21. The van der Waals surface area contributed by atoms with Crippen molar-refractivity contribution in [2.75, 3.05) is 11.9 Å². The van der Waals surface area contributed by atoms with Crippen LogP contribution in [0.3, 0.4) is 0 Å². The fraction of sp³-hybridized carbons (Fsp3) is 0.222. The number of halogens is 1. The fourth-order valence-electron chi connectivity index (χ4n) is 1.98. The summed E-state index contributed by atoms with van der Waals surface area (Å²) in [7, 11) is 0. The van der Waals surface area contributed by atoms with Crippen molar-refractivity contribution in [3.05, 3.63) is 70.8 Å². The number of aryl methyl sites for hydroxylation is 2. The van der Waals surface area contributed by atoms with Gasteiger partial charge in [-0.2, -0.15) is 0 Å². The Labute approximate surface area is 131 Å². The largest absolute Gasteiger partial charge is 0.488 e. The standard InChI is InChI=1S/C18H20ClNO/c1-4-9-21-18-8-6-15(11-17(18)19)12-20-16-7-5-13(2)14(3)10-16/h4-8,10-11,20H,1,9,12H2,2-3H3. The molecule has 0 aliphatic heterocycles. The third kappa shape index (κ3) is 4.27. The van der Waals surface area contributed by atoms with Crippen molar-refractivity contribution >= 4 is 17.3 Å². The lowest BCUT2D eigenvalue weighted by Crippen LogP contribution is -2.01. The lowest BCUT2D eigenvalue weighted by molar-refractivity contribution is 0.363. The molecule has 0 aliphatic rings. The number of nitrogens with one attached hydrogen (secondary N) is 1. The molecule has 0 heterocycles. The predicted molar refractivity (Wildman–Crippen MR) is 90.4 cm³/mol. The van der Waals surface area contributed by atoms with Crippen LogP contribution in [0.4, 0.5) is 5.69 Å². The first-order valence-electron chi connectivity index (χ1n) is 6.93. The smallest absolute Gasteiger partial charge is 0.138 e. The Bertz CT molecular complexity index is 637. The zero-order chi connectivity index (χ0) is 15.2. The number of benzene rings is 2. The minimum Gasteiger partial charge on any atom is -0.488 e. The molecule has 0 saturated carbocycles. The number of ether oxygens (including phenoxy) is 1. The zero-order valence-electron chi connectivity index (χ0n) is 12.4. The average Bonchev–Trinajstić information content (AvgIpc) is 2.47. The van der Waals surface area contributed by atoms with E-state index in [1.165, 1.54) is 11.1 Å². The molecule has 0 aromatic heterocycles. The van der Waals surface area contributed by atoms with Crippen LogP contribution in [0.5, 0.6) is 5.75 Å². The first-order chi connectivity index (χ1) is 10.1. The Morgan fingerprint density at radius 3 is 2.62 bits per heavy atom. The van der Waals surface area contributed by atoms with Crippen molar-refractivity contribution in [2.24, 2.45) is 0 Å². The van der Waals surface area contributed by atoms with E-state index < -0.39 is 0 Å². The van der Waals surface area contributed by atoms with E-state index in [0.29, 0.717) is 17.4 Å². The van der Waals surface area contributed by atoms with Gasteiger partial charge in [-0.05, 0) is 54.8 Å². The molecule has 0 aliphatic carbocycles. The highest BCUT2D eigenvalue weighted by Crippen LogP contribution is 2.26. The molecule has 0 unspecified atom stereocenters. The van der Waals surface area contributed by atoms with Gasteiger partial charge in [-0.1, -0.05) is 36.4 Å². The summed E-state index contributed by atoms with van der Waals surface area (Å²) in [4.78, 5) is 0. The minimum atomic E-state index is 0.458. The van der Waals surface area contributed by atoms with E-state index in [1.54, 1.807) is 6.08 Å². The van der Waals surface area contributed by atoms with E-state index in [1.807, 2.05) is 18.2 Å². The van der Waals surface area contributed by atoms with Crippen LogP contribution in [0.1, 0.15) is 16.7 Å². The van der Waals surface area contributed by atoms with Gasteiger partial charge in [-0.25, -0.2) is 0 Å². The maximum absolute atomic E-state index is 6.21. The van der Waals surface area contributed by atoms with Crippen LogP contribution in [-0.2, 0) is 6.54 Å². The Hall–Kier alpha value is -1.93. The highest BCUT2D eigenvalue weighted by molar-refractivity contribution is 6.32. The Morgan fingerprint density at radius 1 is 1.14 bits per heavy atom. The van der Waals surface area contributed by atoms with Gasteiger partial charge >= 0.3 is 0 Å². The Morgan fingerprint density at radius 2 is 1.95 bits per heavy atom. The van der Waals surface area contributed by atoms with Gasteiger partial charge in [0.2, 0.25) is 0 Å². The summed E-state index contributed by atoms with van der Waals surface area (Å²) in [5.74, 6) is 0.687. The highest BCUT2D eigenvalue weighted by atomic mass is 35.5. The van der Waals surface area contributed by atoms with Gasteiger partial charge in [0.1, 0.15) is 12.4 Å². The van der Waals surface area contributed by atoms with Crippen molar-refractivity contribution in [1.82, 2.24) is 0 Å². The van der Waals surface area contributed by atoms with E-state index in [4.69, 9.17) is 16.3 Å². The van der Waals surface area contributed by atoms with E-state index in [-0.39, 0.29) is 0 Å². The average molecular weight is 302 g/mol. The predicted octanol–water partition coefficient (Wildman–Crippen LogP) is 5.13. The molecule has 2 rings (SSSR count). The second-order valence-corrected chi connectivity index (χ2v) is 5.42. The normalized spacial score (nSPS) is 10.2. The van der Waals surface area contributed by atoms with Crippen molar-refractivity contribution < 1.29 is 4.74 Å². The number of rotatable bonds is 6. The summed E-state index contributed by atoms with van der Waals surface area (Å²) in [6, 6.07) is 12.2. The van der Waals surface area contributed by atoms with Gasteiger partial charge in [0, 0.05) is 12.2 Å². The molecular formula is C18H20ClNO. The van der Waals surface area contributed by atoms with Gasteiger partial charge in [-0.3, -0.25) is 0 Å². The first kappa shape index (κ1) is 15.5. The summed E-state index contributed by atoms with van der Waals surface area (Å²) < 4.78 is 5.46. The summed E-state index contributed by atoms with van der Waals surface area (Å²) in [5.41, 5.74) is 4.81. The van der Waals surface area contributed by atoms with Crippen molar-refractivity contribution in [3.63, 3.8) is 0 Å². The molecule has 110 valence electrons. The number of hydrogen-bond acceptors (Lipinski definition) is 2. The van der Waals surface area contributed by atoms with Crippen LogP contribution < -0.4 is 10.1 Å². The fourth-order valence-corrected chi connectivity index (χ4v) is 2.23. The molecule has 0 radical (unpaired) electrons. The van der Waals surface area contributed by atoms with Crippen LogP contribution in [0.15, 0.2) is 49.1 Å². The third-order valence-corrected chi connectivity index (χ3v) is 3.65. The molecule has 3 heteroatoms. The molecule has 2 nitrogen and oxygen atoms in total. The van der Waals surface area contributed by atoms with Gasteiger partial charge in [0.05, 0.1) is 5.02 Å². The van der Waals surface area contributed by atoms with Crippen molar-refractivity contribution in [3.8, 4) is 5.75 Å². The van der Waals surface area contributed by atoms with Crippen LogP contribution >= 0.6 is 11.6 Å². The van der Waals surface area contributed by atoms with Crippen molar-refractivity contribution in [2.45, 2.75) is 20.4 Å². The molecule has 0 saturated heterocycles. The van der Waals surface area contributed by atoms with Crippen molar-refractivity contribution in [1.29, 1.82) is 0 Å². The van der Waals surface area contributed by atoms with Crippen LogP contribution in [0, 0.1) is 13.8 Å². The third-order valence-electron chi connectivity index (χ3n) is 3.36. The summed E-state index contributed by atoms with van der Waals surface area (Å²) in [5, 5.41) is 4.02. The summed E-state index contributed by atoms with van der Waals surface area (Å²) >= 11 is 6.21. The molecule has 0 fully saturated rings. The monoisotopic (exact) mass is 301 g/mol. The lowest BCUT2D eigenvalue weighted by atomic mass is 10.1. The lowest BCUT2D eigenvalue weighted by Gasteiger charge is -2.11. The van der Waals surface area contributed by atoms with Crippen LogP contribution in [-0.4, -0.2) is 6.61 Å². The molecule has 21 heavy (non-hydrogen) atoms.